The van der Waals surface area contributed by atoms with Gasteiger partial charge in [0.1, 0.15) is 6.07 Å². The Labute approximate surface area is 106 Å². The molecule has 0 unspecified atom stereocenters. The van der Waals surface area contributed by atoms with Gasteiger partial charge in [0.05, 0.1) is 0 Å². The number of nitriles is 1. The van der Waals surface area contributed by atoms with Crippen molar-refractivity contribution >= 4 is 12.6 Å². The fourth-order valence-corrected chi connectivity index (χ4v) is 1.92. The van der Waals surface area contributed by atoms with Gasteiger partial charge in [-0.25, -0.2) is 4.98 Å². The molecule has 2 nitrogen and oxygen atoms in total. The minimum atomic E-state index is 0.386. The van der Waals surface area contributed by atoms with Gasteiger partial charge in [0.25, 0.3) is 0 Å². The van der Waals surface area contributed by atoms with Crippen LogP contribution in [0.25, 0.3) is 0 Å². The van der Waals surface area contributed by atoms with E-state index in [2.05, 4.69) is 29.7 Å². The van der Waals surface area contributed by atoms with Gasteiger partial charge < -0.3 is 0 Å². The van der Waals surface area contributed by atoms with Crippen LogP contribution in [0.5, 0.6) is 0 Å². The zero-order chi connectivity index (χ0) is 12.1. The molecule has 3 heteroatoms. The average Bonchev–Trinajstić information content (AvgIpc) is 2.38. The van der Waals surface area contributed by atoms with Crippen LogP contribution in [0.4, 0.5) is 0 Å². The van der Waals surface area contributed by atoms with E-state index < -0.39 is 0 Å². The van der Waals surface area contributed by atoms with Crippen LogP contribution in [0, 0.1) is 11.3 Å². The Hall–Kier alpha value is -1.79. The standard InChI is InChI=1S/C14H12N2S/c15-9-13-14(17)8-12(10-16-13)7-6-11-4-2-1-3-5-11/h1-5,8,10,17H,6-7H2. The summed E-state index contributed by atoms with van der Waals surface area (Å²) < 4.78 is 0. The summed E-state index contributed by atoms with van der Waals surface area (Å²) in [5, 5.41) is 8.76. The molecule has 0 saturated heterocycles. The molecule has 1 aromatic carbocycles. The van der Waals surface area contributed by atoms with Gasteiger partial charge in [-0.3, -0.25) is 0 Å². The van der Waals surface area contributed by atoms with Crippen molar-refractivity contribution in [3.05, 3.63) is 59.4 Å². The lowest BCUT2D eigenvalue weighted by atomic mass is 10.1. The van der Waals surface area contributed by atoms with E-state index in [0.29, 0.717) is 10.6 Å². The van der Waals surface area contributed by atoms with E-state index in [-0.39, 0.29) is 0 Å². The summed E-state index contributed by atoms with van der Waals surface area (Å²) in [7, 11) is 0. The highest BCUT2D eigenvalue weighted by Gasteiger charge is 2.02. The number of hydrogen-bond donors (Lipinski definition) is 1. The fraction of sp³-hybridized carbons (Fsp3) is 0.143. The van der Waals surface area contributed by atoms with Crippen LogP contribution < -0.4 is 0 Å². The second-order valence-electron chi connectivity index (χ2n) is 3.81. The molecule has 0 aliphatic carbocycles. The van der Waals surface area contributed by atoms with Crippen LogP contribution in [-0.2, 0) is 12.8 Å². The highest BCUT2D eigenvalue weighted by Crippen LogP contribution is 2.14. The molecule has 1 heterocycles. The Morgan fingerprint density at radius 2 is 1.82 bits per heavy atom. The van der Waals surface area contributed by atoms with Gasteiger partial charge in [0, 0.05) is 11.1 Å². The van der Waals surface area contributed by atoms with E-state index in [9.17, 15) is 0 Å². The Morgan fingerprint density at radius 3 is 2.47 bits per heavy atom. The second kappa shape index (κ2) is 5.51. The summed E-state index contributed by atoms with van der Waals surface area (Å²) in [6, 6.07) is 14.2. The largest absolute Gasteiger partial charge is 0.244 e. The molecule has 17 heavy (non-hydrogen) atoms. The maximum Gasteiger partial charge on any atom is 0.153 e. The highest BCUT2D eigenvalue weighted by atomic mass is 32.1. The fourth-order valence-electron chi connectivity index (χ4n) is 1.65. The molecule has 0 N–H and O–H groups in total. The smallest absolute Gasteiger partial charge is 0.153 e. The molecule has 2 aromatic rings. The third-order valence-corrected chi connectivity index (χ3v) is 2.92. The van der Waals surface area contributed by atoms with Crippen LogP contribution >= 0.6 is 12.6 Å². The summed E-state index contributed by atoms with van der Waals surface area (Å²) >= 11 is 4.24. The average molecular weight is 240 g/mol. The zero-order valence-electron chi connectivity index (χ0n) is 9.30. The first-order chi connectivity index (χ1) is 8.29. The van der Waals surface area contributed by atoms with Crippen molar-refractivity contribution in [1.29, 1.82) is 5.26 Å². The molecule has 0 amide bonds. The van der Waals surface area contributed by atoms with Crippen LogP contribution in [0.3, 0.4) is 0 Å². The normalized spacial score (nSPS) is 9.88. The molecule has 0 aliphatic heterocycles. The zero-order valence-corrected chi connectivity index (χ0v) is 10.2. The Kier molecular flexibility index (Phi) is 3.79. The molecule has 0 aliphatic rings. The lowest BCUT2D eigenvalue weighted by molar-refractivity contribution is 0.938. The number of aromatic nitrogens is 1. The van der Waals surface area contributed by atoms with Crippen molar-refractivity contribution < 1.29 is 0 Å². The summed E-state index contributed by atoms with van der Waals surface area (Å²) in [4.78, 5) is 4.72. The molecular weight excluding hydrogens is 228 g/mol. The number of hydrogen-bond acceptors (Lipinski definition) is 3. The van der Waals surface area contributed by atoms with Crippen LogP contribution in [0.2, 0.25) is 0 Å². The van der Waals surface area contributed by atoms with Crippen molar-refractivity contribution in [3.8, 4) is 6.07 Å². The van der Waals surface area contributed by atoms with Gasteiger partial charge in [-0.05, 0) is 30.0 Å². The number of benzene rings is 1. The lowest BCUT2D eigenvalue weighted by Gasteiger charge is -2.03. The first-order valence-electron chi connectivity index (χ1n) is 5.41. The highest BCUT2D eigenvalue weighted by molar-refractivity contribution is 7.80. The summed E-state index contributed by atoms with van der Waals surface area (Å²) in [6.07, 6.45) is 3.64. The summed E-state index contributed by atoms with van der Waals surface area (Å²) in [5.41, 5.74) is 2.80. The third-order valence-electron chi connectivity index (χ3n) is 2.58. The van der Waals surface area contributed by atoms with Crippen molar-refractivity contribution in [3.63, 3.8) is 0 Å². The monoisotopic (exact) mass is 240 g/mol. The van der Waals surface area contributed by atoms with E-state index in [0.717, 1.165) is 18.4 Å². The van der Waals surface area contributed by atoms with E-state index in [1.807, 2.05) is 30.3 Å². The van der Waals surface area contributed by atoms with Gasteiger partial charge in [0.15, 0.2) is 5.69 Å². The molecule has 0 atom stereocenters. The van der Waals surface area contributed by atoms with Crippen molar-refractivity contribution in [2.75, 3.05) is 0 Å². The van der Waals surface area contributed by atoms with E-state index in [1.165, 1.54) is 5.56 Å². The summed E-state index contributed by atoms with van der Waals surface area (Å²) in [6.45, 7) is 0. The quantitative estimate of drug-likeness (QED) is 0.837. The number of pyridine rings is 1. The minimum absolute atomic E-state index is 0.386. The van der Waals surface area contributed by atoms with Crippen molar-refractivity contribution in [2.24, 2.45) is 0 Å². The van der Waals surface area contributed by atoms with Gasteiger partial charge in [-0.15, -0.1) is 12.6 Å². The molecule has 0 fully saturated rings. The first kappa shape index (κ1) is 11.7. The molecular formula is C14H12N2S. The molecule has 0 radical (unpaired) electrons. The third kappa shape index (κ3) is 3.08. The van der Waals surface area contributed by atoms with Crippen LogP contribution in [-0.4, -0.2) is 4.98 Å². The number of nitrogens with zero attached hydrogens (tertiary/aromatic N) is 2. The Balaban J connectivity index is 2.06. The number of thiol groups is 1. The summed E-state index contributed by atoms with van der Waals surface area (Å²) in [5.74, 6) is 0. The number of rotatable bonds is 3. The SMILES string of the molecule is N#Cc1ncc(CCc2ccccc2)cc1S. The van der Waals surface area contributed by atoms with Gasteiger partial charge >= 0.3 is 0 Å². The van der Waals surface area contributed by atoms with E-state index in [4.69, 9.17) is 5.26 Å². The van der Waals surface area contributed by atoms with Crippen LogP contribution in [0.15, 0.2) is 47.5 Å². The van der Waals surface area contributed by atoms with Crippen LogP contribution in [0.1, 0.15) is 16.8 Å². The molecule has 0 saturated carbocycles. The molecule has 0 bridgehead atoms. The number of aryl methyl sites for hydroxylation is 2. The maximum absolute atomic E-state index is 8.76. The van der Waals surface area contributed by atoms with Crippen molar-refractivity contribution in [2.45, 2.75) is 17.7 Å². The Bertz CT molecular complexity index is 544. The van der Waals surface area contributed by atoms with Gasteiger partial charge in [0.2, 0.25) is 0 Å². The minimum Gasteiger partial charge on any atom is -0.244 e. The van der Waals surface area contributed by atoms with E-state index >= 15 is 0 Å². The molecule has 1 aromatic heterocycles. The van der Waals surface area contributed by atoms with E-state index in [1.54, 1.807) is 6.20 Å². The topological polar surface area (TPSA) is 36.7 Å². The predicted molar refractivity (Wildman–Crippen MR) is 70.1 cm³/mol. The predicted octanol–water partition coefficient (Wildman–Crippen LogP) is 3.03. The molecule has 84 valence electrons. The van der Waals surface area contributed by atoms with Gasteiger partial charge in [-0.2, -0.15) is 5.26 Å². The van der Waals surface area contributed by atoms with Crippen molar-refractivity contribution in [1.82, 2.24) is 4.98 Å². The maximum atomic E-state index is 8.76. The van der Waals surface area contributed by atoms with Gasteiger partial charge in [-0.1, -0.05) is 30.3 Å². The Morgan fingerprint density at radius 1 is 1.12 bits per heavy atom. The first-order valence-corrected chi connectivity index (χ1v) is 5.86. The second-order valence-corrected chi connectivity index (χ2v) is 4.29. The molecule has 2 rings (SSSR count). The lowest BCUT2D eigenvalue weighted by Crippen LogP contribution is -1.94. The molecule has 0 spiro atoms.